The Morgan fingerprint density at radius 1 is 1.04 bits per heavy atom. The van der Waals surface area contributed by atoms with Crippen molar-refractivity contribution in [3.8, 4) is 0 Å². The molecule has 1 saturated carbocycles. The molecule has 2 N–H and O–H groups in total. The molecule has 5 nitrogen and oxygen atoms in total. The Balaban J connectivity index is 0.00000364. The van der Waals surface area contributed by atoms with Crippen LogP contribution in [0, 0.1) is 11.3 Å². The van der Waals surface area contributed by atoms with Crippen LogP contribution in [0.25, 0.3) is 0 Å². The molecule has 0 radical (unpaired) electrons. The maximum absolute atomic E-state index is 4.97. The molecule has 1 aliphatic carbocycles. The van der Waals surface area contributed by atoms with Gasteiger partial charge < -0.3 is 15.5 Å². The highest BCUT2D eigenvalue weighted by atomic mass is 127. The van der Waals surface area contributed by atoms with Gasteiger partial charge >= 0.3 is 0 Å². The fourth-order valence-electron chi connectivity index (χ4n) is 4.45. The summed E-state index contributed by atoms with van der Waals surface area (Å²) in [7, 11) is 0. The molecule has 2 fully saturated rings. The Labute approximate surface area is 185 Å². The molecule has 1 unspecified atom stereocenters. The first-order valence-electron chi connectivity index (χ1n) is 11.0. The zero-order valence-electron chi connectivity index (χ0n) is 18.4. The van der Waals surface area contributed by atoms with E-state index in [1.807, 2.05) is 0 Å². The molecule has 0 aromatic rings. The summed E-state index contributed by atoms with van der Waals surface area (Å²) in [5.41, 5.74) is 0.471. The van der Waals surface area contributed by atoms with Crippen LogP contribution in [-0.4, -0.2) is 74.2 Å². The summed E-state index contributed by atoms with van der Waals surface area (Å²) in [5.74, 6) is 1.77. The Morgan fingerprint density at radius 2 is 1.70 bits per heavy atom. The van der Waals surface area contributed by atoms with Crippen molar-refractivity contribution in [2.24, 2.45) is 16.3 Å². The highest BCUT2D eigenvalue weighted by Crippen LogP contribution is 2.46. The van der Waals surface area contributed by atoms with E-state index in [0.717, 1.165) is 31.5 Å². The van der Waals surface area contributed by atoms with Crippen LogP contribution in [0.15, 0.2) is 4.99 Å². The molecule has 1 heterocycles. The van der Waals surface area contributed by atoms with Crippen LogP contribution < -0.4 is 10.6 Å². The van der Waals surface area contributed by atoms with Crippen molar-refractivity contribution in [2.45, 2.75) is 66.3 Å². The van der Waals surface area contributed by atoms with Gasteiger partial charge in [-0.25, -0.2) is 0 Å². The number of likely N-dealkylation sites (N-methyl/N-ethyl adjacent to an activating group) is 1. The largest absolute Gasteiger partial charge is 0.357 e. The summed E-state index contributed by atoms with van der Waals surface area (Å²) in [6.45, 7) is 20.2. The summed E-state index contributed by atoms with van der Waals surface area (Å²) < 4.78 is 0. The quantitative estimate of drug-likeness (QED) is 0.294. The minimum atomic E-state index is 0. The molecule has 1 aliphatic heterocycles. The fraction of sp³-hybridized carbons (Fsp3) is 0.952. The first-order chi connectivity index (χ1) is 12.5. The fourth-order valence-corrected chi connectivity index (χ4v) is 4.45. The second-order valence-electron chi connectivity index (χ2n) is 8.85. The topological polar surface area (TPSA) is 42.9 Å². The molecule has 0 bridgehead atoms. The van der Waals surface area contributed by atoms with Gasteiger partial charge in [0, 0.05) is 51.9 Å². The van der Waals surface area contributed by atoms with E-state index >= 15 is 0 Å². The second kappa shape index (κ2) is 12.5. The van der Waals surface area contributed by atoms with Gasteiger partial charge in [0.2, 0.25) is 0 Å². The van der Waals surface area contributed by atoms with Crippen molar-refractivity contribution >= 4 is 29.9 Å². The maximum atomic E-state index is 4.97. The van der Waals surface area contributed by atoms with E-state index in [2.05, 4.69) is 55.1 Å². The Hall–Kier alpha value is -0.0800. The average molecular weight is 494 g/mol. The molecule has 1 saturated heterocycles. The minimum absolute atomic E-state index is 0. The number of rotatable bonds is 9. The standard InChI is InChI=1S/C21H43N5.HI/c1-6-22-20(24-17-21(9-8-10-21)15-18(3)4)23-16-19(5)26-13-11-25(7-2)12-14-26;/h18-19H,6-17H2,1-5H3,(H2,22,23,24);1H. The molecule has 1 atom stereocenters. The smallest absolute Gasteiger partial charge is 0.191 e. The van der Waals surface area contributed by atoms with Gasteiger partial charge in [0.1, 0.15) is 0 Å². The SMILES string of the molecule is CCNC(=NCC1(CC(C)C)CCC1)NCC(C)N1CCN(CC)CC1.I. The molecule has 160 valence electrons. The first-order valence-corrected chi connectivity index (χ1v) is 11.0. The van der Waals surface area contributed by atoms with Crippen LogP contribution in [-0.2, 0) is 0 Å². The predicted molar refractivity (Wildman–Crippen MR) is 128 cm³/mol. The Morgan fingerprint density at radius 3 is 2.19 bits per heavy atom. The molecular formula is C21H44IN5. The summed E-state index contributed by atoms with van der Waals surface area (Å²) in [5, 5.41) is 7.04. The lowest BCUT2D eigenvalue weighted by Crippen LogP contribution is -2.53. The van der Waals surface area contributed by atoms with Crippen molar-refractivity contribution in [1.82, 2.24) is 20.4 Å². The predicted octanol–water partition coefficient (Wildman–Crippen LogP) is 3.40. The van der Waals surface area contributed by atoms with Crippen LogP contribution >= 0.6 is 24.0 Å². The highest BCUT2D eigenvalue weighted by Gasteiger charge is 2.37. The summed E-state index contributed by atoms with van der Waals surface area (Å²) >= 11 is 0. The molecule has 6 heteroatoms. The number of halogens is 1. The van der Waals surface area contributed by atoms with Crippen molar-refractivity contribution in [3.05, 3.63) is 0 Å². The molecular weight excluding hydrogens is 449 g/mol. The summed E-state index contributed by atoms with van der Waals surface area (Å²) in [6.07, 6.45) is 5.40. The zero-order chi connectivity index (χ0) is 19.0. The number of piperazine rings is 1. The van der Waals surface area contributed by atoms with Gasteiger partial charge in [-0.2, -0.15) is 0 Å². The van der Waals surface area contributed by atoms with Crippen LogP contribution in [0.5, 0.6) is 0 Å². The van der Waals surface area contributed by atoms with Crippen LogP contribution in [0.3, 0.4) is 0 Å². The van der Waals surface area contributed by atoms with Gasteiger partial charge in [0.25, 0.3) is 0 Å². The van der Waals surface area contributed by atoms with Gasteiger partial charge in [-0.05, 0) is 51.0 Å². The van der Waals surface area contributed by atoms with Crippen molar-refractivity contribution in [2.75, 3.05) is 52.4 Å². The summed E-state index contributed by atoms with van der Waals surface area (Å²) in [4.78, 5) is 10.1. The normalized spacial score (nSPS) is 22.1. The monoisotopic (exact) mass is 493 g/mol. The number of guanidine groups is 1. The van der Waals surface area contributed by atoms with Gasteiger partial charge in [0.05, 0.1) is 0 Å². The number of hydrogen-bond acceptors (Lipinski definition) is 3. The van der Waals surface area contributed by atoms with E-state index < -0.39 is 0 Å². The third-order valence-corrected chi connectivity index (χ3v) is 6.21. The molecule has 0 spiro atoms. The zero-order valence-corrected chi connectivity index (χ0v) is 20.7. The third kappa shape index (κ3) is 8.05. The highest BCUT2D eigenvalue weighted by molar-refractivity contribution is 14.0. The van der Waals surface area contributed by atoms with Crippen molar-refractivity contribution in [1.29, 1.82) is 0 Å². The van der Waals surface area contributed by atoms with Crippen LogP contribution in [0.2, 0.25) is 0 Å². The number of nitrogens with one attached hydrogen (secondary N) is 2. The number of hydrogen-bond donors (Lipinski definition) is 2. The first kappa shape index (κ1) is 25.0. The van der Waals surface area contributed by atoms with E-state index in [1.165, 1.54) is 58.4 Å². The second-order valence-corrected chi connectivity index (χ2v) is 8.85. The lowest BCUT2D eigenvalue weighted by atomic mass is 9.64. The number of aliphatic imine (C=N–C) groups is 1. The molecule has 27 heavy (non-hydrogen) atoms. The van der Waals surface area contributed by atoms with E-state index in [9.17, 15) is 0 Å². The lowest BCUT2D eigenvalue weighted by molar-refractivity contribution is 0.106. The van der Waals surface area contributed by atoms with E-state index in [0.29, 0.717) is 11.5 Å². The van der Waals surface area contributed by atoms with Crippen LogP contribution in [0.4, 0.5) is 0 Å². The molecule has 0 aromatic carbocycles. The average Bonchev–Trinajstić information content (AvgIpc) is 2.61. The van der Waals surface area contributed by atoms with E-state index in [-0.39, 0.29) is 24.0 Å². The van der Waals surface area contributed by atoms with Gasteiger partial charge in [-0.1, -0.05) is 27.2 Å². The third-order valence-electron chi connectivity index (χ3n) is 6.21. The van der Waals surface area contributed by atoms with Crippen molar-refractivity contribution < 1.29 is 0 Å². The molecule has 0 aromatic heterocycles. The van der Waals surface area contributed by atoms with Crippen LogP contribution in [0.1, 0.15) is 60.3 Å². The molecule has 0 amide bonds. The molecule has 2 rings (SSSR count). The summed E-state index contributed by atoms with van der Waals surface area (Å²) in [6, 6.07) is 0.547. The number of nitrogens with zero attached hydrogens (tertiary/aromatic N) is 3. The van der Waals surface area contributed by atoms with Gasteiger partial charge in [0.15, 0.2) is 5.96 Å². The Kier molecular flexibility index (Phi) is 11.5. The van der Waals surface area contributed by atoms with Crippen molar-refractivity contribution in [3.63, 3.8) is 0 Å². The molecule has 2 aliphatic rings. The lowest BCUT2D eigenvalue weighted by Gasteiger charge is -2.42. The van der Waals surface area contributed by atoms with E-state index in [1.54, 1.807) is 0 Å². The minimum Gasteiger partial charge on any atom is -0.357 e. The van der Waals surface area contributed by atoms with Gasteiger partial charge in [-0.3, -0.25) is 9.89 Å². The van der Waals surface area contributed by atoms with E-state index in [4.69, 9.17) is 4.99 Å². The van der Waals surface area contributed by atoms with Gasteiger partial charge in [-0.15, -0.1) is 24.0 Å². The Bertz CT molecular complexity index is 428. The maximum Gasteiger partial charge on any atom is 0.191 e.